The van der Waals surface area contributed by atoms with Crippen LogP contribution in [-0.4, -0.2) is 144 Å². The van der Waals surface area contributed by atoms with Gasteiger partial charge in [0.1, 0.15) is 17.4 Å². The van der Waals surface area contributed by atoms with E-state index in [9.17, 15) is 28.0 Å². The van der Waals surface area contributed by atoms with Crippen molar-refractivity contribution in [3.63, 3.8) is 0 Å². The molecule has 9 heterocycles. The second-order valence-corrected chi connectivity index (χ2v) is 18.9. The summed E-state index contributed by atoms with van der Waals surface area (Å²) in [6.07, 6.45) is 6.67. The summed E-state index contributed by atoms with van der Waals surface area (Å²) in [4.78, 5) is 64.9. The number of imide groups is 1. The van der Waals surface area contributed by atoms with E-state index in [-0.39, 0.29) is 67.0 Å². The summed E-state index contributed by atoms with van der Waals surface area (Å²) in [5, 5.41) is 13.6. The van der Waals surface area contributed by atoms with Gasteiger partial charge < -0.3 is 24.8 Å². The Kier molecular flexibility index (Phi) is 10.5. The van der Waals surface area contributed by atoms with Crippen LogP contribution in [0.4, 0.5) is 30.4 Å². The van der Waals surface area contributed by atoms with Gasteiger partial charge >= 0.3 is 5.69 Å². The number of carbonyl (C=O) groups excluding carboxylic acids is 3. The summed E-state index contributed by atoms with van der Waals surface area (Å²) in [6, 6.07) is 6.70. The molecule has 1 saturated carbocycles. The molecule has 344 valence electrons. The lowest BCUT2D eigenvalue weighted by Crippen LogP contribution is -2.65. The molecule has 4 aromatic heterocycles. The number of hydrogen-bond acceptors (Lipinski definition) is 12. The van der Waals surface area contributed by atoms with Gasteiger partial charge in [-0.15, -0.1) is 0 Å². The van der Waals surface area contributed by atoms with Gasteiger partial charge in [0.2, 0.25) is 11.8 Å². The van der Waals surface area contributed by atoms with Gasteiger partial charge in [-0.25, -0.2) is 27.5 Å². The molecule has 2 bridgehead atoms. The van der Waals surface area contributed by atoms with Crippen LogP contribution in [0.25, 0.3) is 16.7 Å². The number of carbonyl (C=O) groups is 3. The number of piperazine rings is 1. The Bertz CT molecular complexity index is 2730. The highest BCUT2D eigenvalue weighted by Gasteiger charge is 2.46. The van der Waals surface area contributed by atoms with E-state index in [1.807, 2.05) is 23.1 Å². The second-order valence-electron chi connectivity index (χ2n) is 18.9. The Morgan fingerprint density at radius 2 is 1.80 bits per heavy atom. The van der Waals surface area contributed by atoms with E-state index in [2.05, 4.69) is 35.5 Å². The summed E-state index contributed by atoms with van der Waals surface area (Å²) in [5.74, 6) is -0.265. The van der Waals surface area contributed by atoms with E-state index < -0.39 is 35.6 Å². The maximum Gasteiger partial charge on any atom is 0.329 e. The molecule has 3 atom stereocenters. The van der Waals surface area contributed by atoms with Crippen molar-refractivity contribution in [2.24, 2.45) is 13.0 Å². The van der Waals surface area contributed by atoms with Gasteiger partial charge in [-0.2, -0.15) is 10.2 Å². The van der Waals surface area contributed by atoms with E-state index in [1.54, 1.807) is 24.0 Å². The van der Waals surface area contributed by atoms with Crippen LogP contribution in [0.15, 0.2) is 47.7 Å². The van der Waals surface area contributed by atoms with Crippen molar-refractivity contribution < 1.29 is 32.3 Å². The number of nitrogens with one attached hydrogen (secondary N) is 2. The molecule has 21 heteroatoms. The number of para-hydroxylation sites is 1. The van der Waals surface area contributed by atoms with Gasteiger partial charge in [-0.3, -0.25) is 38.4 Å². The summed E-state index contributed by atoms with van der Waals surface area (Å²) >= 11 is 0. The molecule has 2 unspecified atom stereocenters. The van der Waals surface area contributed by atoms with Crippen molar-refractivity contribution in [3.05, 3.63) is 64.6 Å². The molecule has 1 aliphatic carbocycles. The third-order valence-corrected chi connectivity index (χ3v) is 14.6. The molecule has 5 aromatic rings. The van der Waals surface area contributed by atoms with Crippen LogP contribution in [0.2, 0.25) is 0 Å². The van der Waals surface area contributed by atoms with Crippen LogP contribution in [0.3, 0.4) is 0 Å². The van der Waals surface area contributed by atoms with Crippen molar-refractivity contribution in [2.75, 3.05) is 80.6 Å². The highest BCUT2D eigenvalue weighted by Crippen LogP contribution is 2.39. The number of hydrogen-bond donors (Lipinski definition) is 2. The van der Waals surface area contributed by atoms with E-state index in [0.29, 0.717) is 35.8 Å². The van der Waals surface area contributed by atoms with E-state index in [1.165, 1.54) is 26.0 Å². The monoisotopic (exact) mass is 899 g/mol. The van der Waals surface area contributed by atoms with Gasteiger partial charge in [0.25, 0.3) is 12.3 Å². The second kappa shape index (κ2) is 16.3. The molecule has 6 aliphatic rings. The first-order chi connectivity index (χ1) is 31.4. The number of nitrogens with zero attached hydrogens (tertiary/aromatic N) is 11. The van der Waals surface area contributed by atoms with Crippen LogP contribution in [-0.2, 0) is 21.4 Å². The molecule has 18 nitrogen and oxygen atoms in total. The summed E-state index contributed by atoms with van der Waals surface area (Å²) < 4.78 is 56.7. The minimum absolute atomic E-state index is 0.0230. The number of aryl methyl sites for hydroxylation is 1. The molecule has 0 spiro atoms. The molecule has 11 rings (SSSR count). The van der Waals surface area contributed by atoms with Crippen molar-refractivity contribution in [2.45, 2.75) is 81.3 Å². The maximum absolute atomic E-state index is 16.2. The highest BCUT2D eigenvalue weighted by atomic mass is 19.3. The van der Waals surface area contributed by atoms with E-state index >= 15 is 4.39 Å². The van der Waals surface area contributed by atoms with Crippen LogP contribution in [0, 0.1) is 5.92 Å². The SMILES string of the molecule is Cn1c(=O)n(C2CCC(=O)NC2=O)c2cccc(N3CC(F)(CN4CCN(C[C@H]5CC[C@H](n6cc(NC(=O)c7cnn8ccc(N9C[C@H]%10CC9CO%10)nc78)c(C(F)F)n6)CC5)CC4)C3)c21. The highest BCUT2D eigenvalue weighted by molar-refractivity contribution is 6.08. The Labute approximate surface area is 371 Å². The lowest BCUT2D eigenvalue weighted by atomic mass is 9.85. The molecular weight excluding hydrogens is 848 g/mol. The predicted molar refractivity (Wildman–Crippen MR) is 232 cm³/mol. The number of piperidine rings is 1. The van der Waals surface area contributed by atoms with E-state index in [4.69, 9.17) is 9.72 Å². The zero-order valence-corrected chi connectivity index (χ0v) is 36.1. The summed E-state index contributed by atoms with van der Waals surface area (Å²) in [7, 11) is 1.65. The molecule has 65 heavy (non-hydrogen) atoms. The number of anilines is 3. The quantitative estimate of drug-likeness (QED) is 0.186. The largest absolute Gasteiger partial charge is 0.374 e. The Hall–Kier alpha value is -5.80. The number of alkyl halides is 3. The Balaban J connectivity index is 0.661. The zero-order valence-electron chi connectivity index (χ0n) is 36.1. The van der Waals surface area contributed by atoms with Gasteiger partial charge in [-0.1, -0.05) is 6.07 Å². The topological polar surface area (TPSA) is 172 Å². The number of halogens is 3. The number of benzene rings is 1. The zero-order chi connectivity index (χ0) is 44.7. The summed E-state index contributed by atoms with van der Waals surface area (Å²) in [6.45, 7) is 6.12. The lowest BCUT2D eigenvalue weighted by Gasteiger charge is -2.49. The lowest BCUT2D eigenvalue weighted by molar-refractivity contribution is -0.135. The smallest absolute Gasteiger partial charge is 0.329 e. The Morgan fingerprint density at radius 1 is 1.02 bits per heavy atom. The number of imidazole rings is 1. The molecule has 0 radical (unpaired) electrons. The van der Waals surface area contributed by atoms with E-state index in [0.717, 1.165) is 82.9 Å². The predicted octanol–water partition coefficient (Wildman–Crippen LogP) is 3.30. The van der Waals surface area contributed by atoms with Gasteiger partial charge in [-0.05, 0) is 62.6 Å². The molecule has 3 amide bonds. The summed E-state index contributed by atoms with van der Waals surface area (Å²) in [5.41, 5.74) is 0.222. The normalized spacial score (nSPS) is 26.1. The fraction of sp³-hybridized carbons (Fsp3) is 0.568. The fourth-order valence-corrected chi connectivity index (χ4v) is 11.2. The fourth-order valence-electron chi connectivity index (χ4n) is 11.2. The molecule has 6 fully saturated rings. The number of aromatic nitrogens is 7. The minimum Gasteiger partial charge on any atom is -0.374 e. The average molecular weight is 900 g/mol. The van der Waals surface area contributed by atoms with Crippen molar-refractivity contribution in [3.8, 4) is 0 Å². The molecule has 2 N–H and O–H groups in total. The third-order valence-electron chi connectivity index (χ3n) is 14.6. The number of rotatable bonds is 11. The molecule has 5 saturated heterocycles. The molecular formula is C44H52F3N13O5. The number of ether oxygens (including phenoxy) is 1. The maximum atomic E-state index is 16.2. The number of fused-ring (bicyclic) bond motifs is 4. The molecule has 1 aromatic carbocycles. The van der Waals surface area contributed by atoms with Crippen molar-refractivity contribution >= 4 is 51.6 Å². The first kappa shape index (κ1) is 41.9. The van der Waals surface area contributed by atoms with Crippen LogP contribution in [0.5, 0.6) is 0 Å². The molecule has 5 aliphatic heterocycles. The first-order valence-electron chi connectivity index (χ1n) is 22.7. The van der Waals surface area contributed by atoms with Crippen molar-refractivity contribution in [1.29, 1.82) is 0 Å². The first-order valence-corrected chi connectivity index (χ1v) is 22.7. The van der Waals surface area contributed by atoms with Crippen LogP contribution >= 0.6 is 0 Å². The third kappa shape index (κ3) is 7.63. The average Bonchev–Trinajstić information content (AvgIpc) is 4.14. The van der Waals surface area contributed by atoms with Gasteiger partial charge in [0, 0.05) is 71.7 Å². The standard InChI is InChI=1S/C44H52F3N13O5/c1-53-38-32(3-2-4-33(38)60(43(53)64)34-9-10-36(61)51-42(34)63)56-24-44(47,25-56)23-55-15-13-54(14-16-55)19-26-5-7-27(8-6-26)59-21-31(37(52-59)39(45)46)49-41(62)30-18-48-58-12-11-35(50-40(30)58)57-20-29-17-28(57)22-65-29/h2-4,11-12,18,21,26-29,34,39H,5-10,13-17,19-20,22-25H2,1H3,(H,49,62)(H,51,61,63)/t26-,27-,28?,29-,34?/m1/s1. The number of morpholine rings is 1. The minimum atomic E-state index is -2.88. The van der Waals surface area contributed by atoms with Crippen LogP contribution < -0.4 is 26.1 Å². The van der Waals surface area contributed by atoms with Crippen LogP contribution in [0.1, 0.15) is 79.5 Å². The van der Waals surface area contributed by atoms with Gasteiger partial charge in [0.15, 0.2) is 17.0 Å². The van der Waals surface area contributed by atoms with Gasteiger partial charge in [0.05, 0.1) is 66.5 Å². The van der Waals surface area contributed by atoms with Crippen molar-refractivity contribution in [1.82, 2.24) is 48.6 Å². The number of amides is 3. The Morgan fingerprint density at radius 3 is 2.52 bits per heavy atom.